The number of hydrogen-bond acceptors (Lipinski definition) is 3. The Balaban J connectivity index is 1.97. The van der Waals surface area contributed by atoms with Gasteiger partial charge in [-0.25, -0.2) is 0 Å². The molecular formula is C14H19NOS. The van der Waals surface area contributed by atoms with Crippen LogP contribution >= 0.6 is 11.8 Å². The summed E-state index contributed by atoms with van der Waals surface area (Å²) in [6.07, 6.45) is 1.08. The average molecular weight is 249 g/mol. The van der Waals surface area contributed by atoms with Gasteiger partial charge in [0.15, 0.2) is 0 Å². The lowest BCUT2D eigenvalue weighted by atomic mass is 10.3. The zero-order valence-corrected chi connectivity index (χ0v) is 11.1. The fourth-order valence-electron chi connectivity index (χ4n) is 1.87. The van der Waals surface area contributed by atoms with Crippen molar-refractivity contribution in [3.05, 3.63) is 41.4 Å². The second kappa shape index (κ2) is 6.72. The third-order valence-electron chi connectivity index (χ3n) is 2.85. The summed E-state index contributed by atoms with van der Waals surface area (Å²) in [5.74, 6) is 0. The monoisotopic (exact) mass is 249 g/mol. The third kappa shape index (κ3) is 3.79. The van der Waals surface area contributed by atoms with Gasteiger partial charge < -0.3 is 9.64 Å². The van der Waals surface area contributed by atoms with Gasteiger partial charge in [-0.3, -0.25) is 0 Å². The van der Waals surface area contributed by atoms with Crippen molar-refractivity contribution in [1.82, 2.24) is 4.90 Å². The molecule has 0 aromatic heterocycles. The van der Waals surface area contributed by atoms with Crippen molar-refractivity contribution in [3.63, 3.8) is 0 Å². The number of allylic oxidation sites excluding steroid dienone is 1. The van der Waals surface area contributed by atoms with Gasteiger partial charge in [0, 0.05) is 23.7 Å². The van der Waals surface area contributed by atoms with Gasteiger partial charge in [0.05, 0.1) is 13.2 Å². The molecule has 92 valence electrons. The van der Waals surface area contributed by atoms with Crippen LogP contribution in [0.25, 0.3) is 0 Å². The highest BCUT2D eigenvalue weighted by atomic mass is 32.2. The summed E-state index contributed by atoms with van der Waals surface area (Å²) in [5, 5.41) is 2.28. The first-order chi connectivity index (χ1) is 8.40. The molecule has 1 heterocycles. The van der Waals surface area contributed by atoms with Gasteiger partial charge in [0.1, 0.15) is 0 Å². The van der Waals surface area contributed by atoms with Crippen LogP contribution < -0.4 is 0 Å². The molecule has 2 rings (SSSR count). The van der Waals surface area contributed by atoms with Crippen LogP contribution in [0.3, 0.4) is 0 Å². The summed E-state index contributed by atoms with van der Waals surface area (Å²) in [5.41, 5.74) is 1.42. The Labute approximate surface area is 108 Å². The Morgan fingerprint density at radius 1 is 1.29 bits per heavy atom. The number of hydrogen-bond donors (Lipinski definition) is 0. The van der Waals surface area contributed by atoms with Gasteiger partial charge >= 0.3 is 0 Å². The van der Waals surface area contributed by atoms with Crippen LogP contribution in [0, 0.1) is 0 Å². The standard InChI is InChI=1S/C14H19NOS/c1-2-13(15-8-10-16-11-9-15)12-17-14-6-4-3-5-7-14/h3-7,12H,2,8-11H2,1H3/b13-12+. The number of nitrogens with zero attached hydrogens (tertiary/aromatic N) is 1. The Morgan fingerprint density at radius 2 is 2.00 bits per heavy atom. The minimum atomic E-state index is 0.855. The summed E-state index contributed by atoms with van der Waals surface area (Å²) < 4.78 is 5.38. The first-order valence-electron chi connectivity index (χ1n) is 6.13. The minimum absolute atomic E-state index is 0.855. The zero-order chi connectivity index (χ0) is 11.9. The van der Waals surface area contributed by atoms with Crippen molar-refractivity contribution in [2.75, 3.05) is 26.3 Å². The van der Waals surface area contributed by atoms with Gasteiger partial charge in [0.2, 0.25) is 0 Å². The molecule has 17 heavy (non-hydrogen) atoms. The van der Waals surface area contributed by atoms with Gasteiger partial charge in [-0.15, -0.1) is 0 Å². The summed E-state index contributed by atoms with van der Waals surface area (Å²) in [4.78, 5) is 3.73. The lowest BCUT2D eigenvalue weighted by molar-refractivity contribution is 0.0525. The van der Waals surface area contributed by atoms with E-state index in [-0.39, 0.29) is 0 Å². The summed E-state index contributed by atoms with van der Waals surface area (Å²) in [7, 11) is 0. The molecule has 1 saturated heterocycles. The maximum atomic E-state index is 5.38. The van der Waals surface area contributed by atoms with Crippen molar-refractivity contribution >= 4 is 11.8 Å². The van der Waals surface area contributed by atoms with Crippen LogP contribution in [-0.2, 0) is 4.74 Å². The predicted molar refractivity (Wildman–Crippen MR) is 73.1 cm³/mol. The van der Waals surface area contributed by atoms with E-state index in [2.05, 4.69) is 47.6 Å². The number of rotatable bonds is 4. The fraction of sp³-hybridized carbons (Fsp3) is 0.429. The molecule has 0 spiro atoms. The van der Waals surface area contributed by atoms with Crippen molar-refractivity contribution in [3.8, 4) is 0 Å². The van der Waals surface area contributed by atoms with Crippen molar-refractivity contribution in [1.29, 1.82) is 0 Å². The van der Waals surface area contributed by atoms with E-state index in [1.54, 1.807) is 11.8 Å². The molecule has 2 nitrogen and oxygen atoms in total. The van der Waals surface area contributed by atoms with Gasteiger partial charge in [-0.1, -0.05) is 36.9 Å². The van der Waals surface area contributed by atoms with Gasteiger partial charge in [-0.05, 0) is 24.0 Å². The van der Waals surface area contributed by atoms with Crippen molar-refractivity contribution in [2.45, 2.75) is 18.2 Å². The summed E-state index contributed by atoms with van der Waals surface area (Å²) in [6, 6.07) is 10.5. The number of ether oxygens (including phenoxy) is 1. The van der Waals surface area contributed by atoms with E-state index < -0.39 is 0 Å². The topological polar surface area (TPSA) is 12.5 Å². The van der Waals surface area contributed by atoms with E-state index in [0.717, 1.165) is 32.7 Å². The smallest absolute Gasteiger partial charge is 0.0642 e. The second-order valence-corrected chi connectivity index (χ2v) is 4.94. The Bertz CT molecular complexity index is 358. The SMILES string of the molecule is CC/C(=C\Sc1ccccc1)N1CCOCC1. The molecule has 0 atom stereocenters. The first-order valence-corrected chi connectivity index (χ1v) is 7.01. The predicted octanol–water partition coefficient (Wildman–Crippen LogP) is 3.36. The molecule has 3 heteroatoms. The van der Waals surface area contributed by atoms with E-state index in [0.29, 0.717) is 0 Å². The molecule has 1 aromatic carbocycles. The van der Waals surface area contributed by atoms with E-state index in [9.17, 15) is 0 Å². The average Bonchev–Trinajstić information content (AvgIpc) is 2.42. The maximum Gasteiger partial charge on any atom is 0.0642 e. The van der Waals surface area contributed by atoms with Gasteiger partial charge in [0.25, 0.3) is 0 Å². The second-order valence-electron chi connectivity index (χ2n) is 3.99. The highest BCUT2D eigenvalue weighted by Crippen LogP contribution is 2.23. The Hall–Kier alpha value is -0.930. The molecule has 1 aliphatic rings. The van der Waals surface area contributed by atoms with Crippen LogP contribution in [0.2, 0.25) is 0 Å². The van der Waals surface area contributed by atoms with Crippen molar-refractivity contribution < 1.29 is 4.74 Å². The lowest BCUT2D eigenvalue weighted by Crippen LogP contribution is -2.35. The Morgan fingerprint density at radius 3 is 2.65 bits per heavy atom. The molecule has 1 aromatic rings. The van der Waals surface area contributed by atoms with Crippen LogP contribution in [0.5, 0.6) is 0 Å². The maximum absolute atomic E-state index is 5.38. The fourth-order valence-corrected chi connectivity index (χ4v) is 2.77. The van der Waals surface area contributed by atoms with Crippen molar-refractivity contribution in [2.24, 2.45) is 0 Å². The van der Waals surface area contributed by atoms with Crippen LogP contribution in [0.1, 0.15) is 13.3 Å². The largest absolute Gasteiger partial charge is 0.378 e. The third-order valence-corrected chi connectivity index (χ3v) is 3.79. The molecule has 0 N–H and O–H groups in total. The zero-order valence-electron chi connectivity index (χ0n) is 10.3. The molecule has 0 amide bonds. The molecule has 0 unspecified atom stereocenters. The van der Waals surface area contributed by atoms with Crippen LogP contribution in [0.15, 0.2) is 46.3 Å². The first kappa shape index (κ1) is 12.5. The molecule has 0 aliphatic carbocycles. The summed E-state index contributed by atoms with van der Waals surface area (Å²) >= 11 is 1.80. The highest BCUT2D eigenvalue weighted by Gasteiger charge is 2.11. The number of morpholine rings is 1. The number of thioether (sulfide) groups is 1. The lowest BCUT2D eigenvalue weighted by Gasteiger charge is -2.30. The molecule has 0 bridgehead atoms. The molecular weight excluding hydrogens is 230 g/mol. The quantitative estimate of drug-likeness (QED) is 0.759. The van der Waals surface area contributed by atoms with Crippen LogP contribution in [-0.4, -0.2) is 31.2 Å². The van der Waals surface area contributed by atoms with E-state index in [1.165, 1.54) is 10.6 Å². The van der Waals surface area contributed by atoms with E-state index in [4.69, 9.17) is 4.74 Å². The minimum Gasteiger partial charge on any atom is -0.378 e. The normalized spacial score (nSPS) is 17.2. The molecule has 1 fully saturated rings. The summed E-state index contributed by atoms with van der Waals surface area (Å²) in [6.45, 7) is 5.97. The Kier molecular flexibility index (Phi) is 4.95. The highest BCUT2D eigenvalue weighted by molar-refractivity contribution is 8.02. The molecule has 0 radical (unpaired) electrons. The molecule has 0 saturated carbocycles. The van der Waals surface area contributed by atoms with E-state index >= 15 is 0 Å². The van der Waals surface area contributed by atoms with Crippen LogP contribution in [0.4, 0.5) is 0 Å². The number of benzene rings is 1. The van der Waals surface area contributed by atoms with E-state index in [1.807, 2.05) is 0 Å². The molecule has 1 aliphatic heterocycles. The van der Waals surface area contributed by atoms with Gasteiger partial charge in [-0.2, -0.15) is 0 Å².